The van der Waals surface area contributed by atoms with Crippen molar-refractivity contribution in [3.8, 4) is 22.3 Å². The molecule has 0 saturated heterocycles. The Morgan fingerprint density at radius 1 is 0.338 bits per heavy atom. The van der Waals surface area contributed by atoms with Gasteiger partial charge in [-0.2, -0.15) is 0 Å². The average Bonchev–Trinajstić information content (AvgIpc) is 4.05. The number of furan rings is 2. The summed E-state index contributed by atoms with van der Waals surface area (Å²) in [5.41, 5.74) is 11.9. The Bertz CT molecular complexity index is 3640. The number of pyridine rings is 2. The SMILES string of the molecule is c1ccc(-c2ccc(N(c3ccc4c(c3)oc3ccccc34)c3cc4sc5nc(N(c6ccc(-c7ccccc7)cc6)c6ccc7c(c6)oc6ccccc67)ccc5c4cn3)cc2)cc1. The predicted molar refractivity (Wildman–Crippen MR) is 270 cm³/mol. The molecule has 6 nitrogen and oxygen atoms in total. The summed E-state index contributed by atoms with van der Waals surface area (Å²) in [4.78, 5) is 15.9. The van der Waals surface area contributed by atoms with Gasteiger partial charge in [-0.3, -0.25) is 9.80 Å². The molecule has 65 heavy (non-hydrogen) atoms. The molecule has 306 valence electrons. The van der Waals surface area contributed by atoms with Crippen LogP contribution < -0.4 is 9.80 Å². The third kappa shape index (κ3) is 6.40. The molecule has 13 aromatic rings. The molecular weight excluding hydrogens is 817 g/mol. The molecule has 0 aliphatic carbocycles. The maximum absolute atomic E-state index is 6.40. The van der Waals surface area contributed by atoms with Crippen LogP contribution in [0.3, 0.4) is 0 Å². The lowest BCUT2D eigenvalue weighted by Gasteiger charge is -2.24. The normalized spacial score (nSPS) is 11.7. The predicted octanol–water partition coefficient (Wildman–Crippen LogP) is 16.9. The maximum Gasteiger partial charge on any atom is 0.139 e. The van der Waals surface area contributed by atoms with Crippen LogP contribution in [-0.4, -0.2) is 9.97 Å². The number of hydrogen-bond acceptors (Lipinski definition) is 7. The van der Waals surface area contributed by atoms with Crippen molar-refractivity contribution < 1.29 is 8.83 Å². The van der Waals surface area contributed by atoms with Crippen LogP contribution in [0.25, 0.3) is 86.4 Å². The minimum Gasteiger partial charge on any atom is -0.456 e. The van der Waals surface area contributed by atoms with Crippen molar-refractivity contribution in [3.63, 3.8) is 0 Å². The van der Waals surface area contributed by atoms with E-state index in [0.717, 1.165) is 110 Å². The molecule has 5 heterocycles. The molecule has 0 unspecified atom stereocenters. The Kier molecular flexibility index (Phi) is 8.60. The first-order valence-electron chi connectivity index (χ1n) is 21.6. The number of fused-ring (bicyclic) bond motifs is 9. The Morgan fingerprint density at radius 2 is 0.785 bits per heavy atom. The largest absolute Gasteiger partial charge is 0.456 e. The Morgan fingerprint density at radius 3 is 1.34 bits per heavy atom. The van der Waals surface area contributed by atoms with E-state index >= 15 is 0 Å². The summed E-state index contributed by atoms with van der Waals surface area (Å²) in [5.74, 6) is 1.60. The van der Waals surface area contributed by atoms with Crippen molar-refractivity contribution in [2.45, 2.75) is 0 Å². The van der Waals surface area contributed by atoms with Crippen molar-refractivity contribution in [2.24, 2.45) is 0 Å². The van der Waals surface area contributed by atoms with E-state index in [4.69, 9.17) is 18.8 Å². The van der Waals surface area contributed by atoms with Crippen LogP contribution in [0.15, 0.2) is 227 Å². The zero-order valence-corrected chi connectivity index (χ0v) is 35.6. The Balaban J connectivity index is 0.929. The quantitative estimate of drug-likeness (QED) is 0.152. The number of benzene rings is 8. The molecule has 0 saturated carbocycles. The van der Waals surface area contributed by atoms with E-state index in [-0.39, 0.29) is 0 Å². The fraction of sp³-hybridized carbons (Fsp3) is 0. The standard InChI is InChI=1S/C58H36N4O2S/c1-3-11-37(12-4-1)39-19-23-41(24-20-39)61(43-27-29-47-45-15-7-9-17-51(45)63-53(47)33-43)56-32-31-49-50-36-59-57(35-55(50)65-58(49)60-56)62(42-25-21-40(22-26-42)38-13-5-2-6-14-38)44-28-30-48-46-16-8-10-18-52(46)64-54(48)34-44/h1-36H. The summed E-state index contributed by atoms with van der Waals surface area (Å²) < 4.78 is 13.9. The van der Waals surface area contributed by atoms with Crippen LogP contribution in [0.4, 0.5) is 34.4 Å². The molecule has 0 N–H and O–H groups in total. The van der Waals surface area contributed by atoms with E-state index in [0.29, 0.717) is 0 Å². The molecule has 0 fully saturated rings. The van der Waals surface area contributed by atoms with Gasteiger partial charge in [-0.25, -0.2) is 9.97 Å². The van der Waals surface area contributed by atoms with Crippen molar-refractivity contribution >= 4 is 110 Å². The highest BCUT2D eigenvalue weighted by molar-refractivity contribution is 7.25. The molecule has 0 aliphatic rings. The van der Waals surface area contributed by atoms with Crippen molar-refractivity contribution in [1.82, 2.24) is 9.97 Å². The lowest BCUT2D eigenvalue weighted by Crippen LogP contribution is -2.11. The van der Waals surface area contributed by atoms with Crippen molar-refractivity contribution in [3.05, 3.63) is 219 Å². The molecule has 5 aromatic heterocycles. The summed E-state index contributed by atoms with van der Waals surface area (Å²) in [6.07, 6.45) is 1.99. The van der Waals surface area contributed by atoms with Crippen LogP contribution in [-0.2, 0) is 0 Å². The lowest BCUT2D eigenvalue weighted by molar-refractivity contribution is 0.668. The van der Waals surface area contributed by atoms with Gasteiger partial charge in [0.05, 0.1) is 11.4 Å². The number of hydrogen-bond donors (Lipinski definition) is 0. The number of thiophene rings is 1. The van der Waals surface area contributed by atoms with Crippen LogP contribution in [0.1, 0.15) is 0 Å². The highest BCUT2D eigenvalue weighted by Crippen LogP contribution is 2.44. The molecule has 0 radical (unpaired) electrons. The van der Waals surface area contributed by atoms with Gasteiger partial charge in [0.1, 0.15) is 38.8 Å². The van der Waals surface area contributed by atoms with Gasteiger partial charge < -0.3 is 8.83 Å². The first kappa shape index (κ1) is 37.1. The van der Waals surface area contributed by atoms with Gasteiger partial charge in [0.25, 0.3) is 0 Å². The second kappa shape index (κ2) is 15.1. The number of nitrogens with zero attached hydrogens (tertiary/aromatic N) is 4. The van der Waals surface area contributed by atoms with Crippen molar-refractivity contribution in [2.75, 3.05) is 9.80 Å². The molecule has 0 amide bonds. The second-order valence-corrected chi connectivity index (χ2v) is 17.2. The third-order valence-electron chi connectivity index (χ3n) is 12.4. The van der Waals surface area contributed by atoms with Crippen LogP contribution >= 0.6 is 11.3 Å². The van der Waals surface area contributed by atoms with Crippen molar-refractivity contribution in [1.29, 1.82) is 0 Å². The topological polar surface area (TPSA) is 58.5 Å². The molecule has 13 rings (SSSR count). The maximum atomic E-state index is 6.40. The van der Waals surface area contributed by atoms with Gasteiger partial charge in [0.15, 0.2) is 0 Å². The zero-order valence-electron chi connectivity index (χ0n) is 34.8. The first-order valence-corrected chi connectivity index (χ1v) is 22.4. The van der Waals surface area contributed by atoms with Gasteiger partial charge in [-0.1, -0.05) is 121 Å². The molecule has 8 aromatic carbocycles. The monoisotopic (exact) mass is 852 g/mol. The molecule has 7 heteroatoms. The number of anilines is 6. The molecule has 0 atom stereocenters. The van der Waals surface area contributed by atoms with Gasteiger partial charge in [0.2, 0.25) is 0 Å². The van der Waals surface area contributed by atoms with E-state index in [1.165, 1.54) is 11.1 Å². The van der Waals surface area contributed by atoms with E-state index in [2.05, 4.69) is 186 Å². The van der Waals surface area contributed by atoms with E-state index in [1.54, 1.807) is 11.3 Å². The third-order valence-corrected chi connectivity index (χ3v) is 13.4. The van der Waals surface area contributed by atoms with E-state index in [9.17, 15) is 0 Å². The molecular formula is C58H36N4O2S. The zero-order chi connectivity index (χ0) is 42.8. The lowest BCUT2D eigenvalue weighted by atomic mass is 10.0. The van der Waals surface area contributed by atoms with E-state index in [1.807, 2.05) is 42.6 Å². The minimum absolute atomic E-state index is 0.798. The van der Waals surface area contributed by atoms with Crippen LogP contribution in [0, 0.1) is 0 Å². The fourth-order valence-corrected chi connectivity index (χ4v) is 10.3. The minimum atomic E-state index is 0.798. The smallest absolute Gasteiger partial charge is 0.139 e. The highest BCUT2D eigenvalue weighted by atomic mass is 32.1. The molecule has 0 bridgehead atoms. The summed E-state index contributed by atoms with van der Waals surface area (Å²) in [6.45, 7) is 0. The van der Waals surface area contributed by atoms with Gasteiger partial charge >= 0.3 is 0 Å². The second-order valence-electron chi connectivity index (χ2n) is 16.2. The summed E-state index contributed by atoms with van der Waals surface area (Å²) in [7, 11) is 0. The highest BCUT2D eigenvalue weighted by Gasteiger charge is 2.21. The van der Waals surface area contributed by atoms with Crippen LogP contribution in [0.5, 0.6) is 0 Å². The van der Waals surface area contributed by atoms with Gasteiger partial charge in [-0.05, 0) is 101 Å². The van der Waals surface area contributed by atoms with Gasteiger partial charge in [-0.15, -0.1) is 11.3 Å². The first-order chi connectivity index (χ1) is 32.2. The number of aromatic nitrogens is 2. The Labute approximate surface area is 377 Å². The van der Waals surface area contributed by atoms with Gasteiger partial charge in [0, 0.05) is 66.7 Å². The van der Waals surface area contributed by atoms with E-state index < -0.39 is 0 Å². The van der Waals surface area contributed by atoms with Crippen LogP contribution in [0.2, 0.25) is 0 Å². The summed E-state index contributed by atoms with van der Waals surface area (Å²) in [5, 5.41) is 6.48. The molecule has 0 spiro atoms. The summed E-state index contributed by atoms with van der Waals surface area (Å²) in [6, 6.07) is 74.0. The Hall–Kier alpha value is -8.52. The number of para-hydroxylation sites is 2. The molecule has 0 aliphatic heterocycles. The summed E-state index contributed by atoms with van der Waals surface area (Å²) >= 11 is 1.67. The fourth-order valence-electron chi connectivity index (χ4n) is 9.18. The number of rotatable bonds is 8. The average molecular weight is 853 g/mol.